The smallest absolute Gasteiger partial charge is 0.178 e. The fourth-order valence-electron chi connectivity index (χ4n) is 4.01. The molecule has 3 aromatic rings. The van der Waals surface area contributed by atoms with E-state index in [4.69, 9.17) is 5.10 Å². The quantitative estimate of drug-likeness (QED) is 0.685. The van der Waals surface area contributed by atoms with E-state index in [0.29, 0.717) is 5.92 Å². The molecule has 0 bridgehead atoms. The Balaban J connectivity index is 1.23. The van der Waals surface area contributed by atoms with Crippen molar-refractivity contribution < 1.29 is 0 Å². The van der Waals surface area contributed by atoms with Crippen LogP contribution in [-0.2, 0) is 6.54 Å². The zero-order valence-electron chi connectivity index (χ0n) is 15.8. The van der Waals surface area contributed by atoms with E-state index in [1.54, 1.807) is 0 Å². The molecule has 2 aliphatic rings. The van der Waals surface area contributed by atoms with Crippen molar-refractivity contribution in [2.24, 2.45) is 0 Å². The minimum Gasteiger partial charge on any atom is -0.355 e. The zero-order valence-corrected chi connectivity index (χ0v) is 15.8. The van der Waals surface area contributed by atoms with Gasteiger partial charge in [0.15, 0.2) is 11.5 Å². The minimum atomic E-state index is 0.433. The van der Waals surface area contributed by atoms with Crippen molar-refractivity contribution in [1.29, 1.82) is 0 Å². The maximum absolute atomic E-state index is 4.82. The van der Waals surface area contributed by atoms with Crippen LogP contribution in [0.4, 0.5) is 5.82 Å². The summed E-state index contributed by atoms with van der Waals surface area (Å²) in [7, 11) is 0. The summed E-state index contributed by atoms with van der Waals surface area (Å²) >= 11 is 0. The largest absolute Gasteiger partial charge is 0.355 e. The van der Waals surface area contributed by atoms with Crippen LogP contribution < -0.4 is 4.90 Å². The van der Waals surface area contributed by atoms with Gasteiger partial charge in [-0.1, -0.05) is 0 Å². The van der Waals surface area contributed by atoms with Crippen LogP contribution in [0.2, 0.25) is 0 Å². The lowest BCUT2D eigenvalue weighted by molar-refractivity contribution is 0.199. The number of hydrogen-bond donors (Lipinski definition) is 0. The lowest BCUT2D eigenvalue weighted by Gasteiger charge is -2.32. The van der Waals surface area contributed by atoms with Gasteiger partial charge in [-0.2, -0.15) is 9.61 Å². The topological polar surface area (TPSA) is 67.4 Å². The molecule has 8 nitrogen and oxygen atoms in total. The summed E-state index contributed by atoms with van der Waals surface area (Å²) in [5.41, 5.74) is 2.07. The summed E-state index contributed by atoms with van der Waals surface area (Å²) in [5.74, 6) is 2.50. The molecule has 5 rings (SSSR count). The monoisotopic (exact) mass is 366 g/mol. The SMILES string of the molecule is Cc1cnn(CCN2CCC(c3nnc4ccc(N5CCC5)nn34)CC2)c1. The Bertz CT molecular complexity index is 917. The molecule has 0 aromatic carbocycles. The van der Waals surface area contributed by atoms with Crippen LogP contribution >= 0.6 is 0 Å². The second kappa shape index (κ2) is 6.92. The first-order valence-electron chi connectivity index (χ1n) is 9.95. The predicted molar refractivity (Wildman–Crippen MR) is 103 cm³/mol. The molecule has 0 saturated carbocycles. The summed E-state index contributed by atoms with van der Waals surface area (Å²) in [6, 6.07) is 4.10. The van der Waals surface area contributed by atoms with Crippen molar-refractivity contribution in [3.63, 3.8) is 0 Å². The van der Waals surface area contributed by atoms with Crippen molar-refractivity contribution in [3.05, 3.63) is 35.9 Å². The zero-order chi connectivity index (χ0) is 18.2. The molecule has 0 unspecified atom stereocenters. The molecule has 2 aliphatic heterocycles. The van der Waals surface area contributed by atoms with Gasteiger partial charge in [0, 0.05) is 31.7 Å². The molecular formula is C19H26N8. The van der Waals surface area contributed by atoms with Gasteiger partial charge in [-0.05, 0) is 57.0 Å². The highest BCUT2D eigenvalue weighted by atomic mass is 15.4. The van der Waals surface area contributed by atoms with Gasteiger partial charge in [-0.15, -0.1) is 15.3 Å². The maximum Gasteiger partial charge on any atom is 0.178 e. The van der Waals surface area contributed by atoms with E-state index < -0.39 is 0 Å². The van der Waals surface area contributed by atoms with E-state index in [2.05, 4.69) is 44.3 Å². The Morgan fingerprint density at radius 2 is 1.89 bits per heavy atom. The molecule has 0 spiro atoms. The molecule has 0 aliphatic carbocycles. The Morgan fingerprint density at radius 3 is 2.59 bits per heavy atom. The molecule has 0 N–H and O–H groups in total. The first-order chi connectivity index (χ1) is 13.3. The van der Waals surface area contributed by atoms with Gasteiger partial charge >= 0.3 is 0 Å². The van der Waals surface area contributed by atoms with Gasteiger partial charge in [0.1, 0.15) is 5.82 Å². The van der Waals surface area contributed by atoms with Crippen LogP contribution in [0.15, 0.2) is 24.5 Å². The fraction of sp³-hybridized carbons (Fsp3) is 0.579. The number of likely N-dealkylation sites (tertiary alicyclic amines) is 1. The van der Waals surface area contributed by atoms with Gasteiger partial charge in [0.05, 0.1) is 12.7 Å². The lowest BCUT2D eigenvalue weighted by Crippen LogP contribution is -2.38. The van der Waals surface area contributed by atoms with Crippen LogP contribution in [0.1, 0.15) is 36.6 Å². The third-order valence-electron chi connectivity index (χ3n) is 5.81. The van der Waals surface area contributed by atoms with Crippen molar-refractivity contribution >= 4 is 11.5 Å². The van der Waals surface area contributed by atoms with Crippen LogP contribution in [0.25, 0.3) is 5.65 Å². The van der Waals surface area contributed by atoms with Gasteiger partial charge in [-0.3, -0.25) is 4.68 Å². The average molecular weight is 366 g/mol. The Morgan fingerprint density at radius 1 is 1.04 bits per heavy atom. The fourth-order valence-corrected chi connectivity index (χ4v) is 4.01. The van der Waals surface area contributed by atoms with Gasteiger partial charge in [-0.25, -0.2) is 0 Å². The summed E-state index contributed by atoms with van der Waals surface area (Å²) < 4.78 is 4.01. The highest BCUT2D eigenvalue weighted by Gasteiger charge is 2.26. The first kappa shape index (κ1) is 16.7. The summed E-state index contributed by atoms with van der Waals surface area (Å²) in [6.45, 7) is 8.46. The number of fused-ring (bicyclic) bond motifs is 1. The molecule has 3 aromatic heterocycles. The number of aryl methyl sites for hydroxylation is 1. The molecule has 2 saturated heterocycles. The summed E-state index contributed by atoms with van der Waals surface area (Å²) in [4.78, 5) is 4.83. The number of nitrogens with zero attached hydrogens (tertiary/aromatic N) is 8. The van der Waals surface area contributed by atoms with Crippen LogP contribution in [0.3, 0.4) is 0 Å². The van der Waals surface area contributed by atoms with Crippen molar-refractivity contribution in [3.8, 4) is 0 Å². The number of rotatable bonds is 5. The van der Waals surface area contributed by atoms with E-state index >= 15 is 0 Å². The lowest BCUT2D eigenvalue weighted by atomic mass is 9.96. The number of hydrogen-bond acceptors (Lipinski definition) is 6. The van der Waals surface area contributed by atoms with Crippen LogP contribution in [0, 0.1) is 6.92 Å². The van der Waals surface area contributed by atoms with Crippen molar-refractivity contribution in [2.45, 2.75) is 38.6 Å². The average Bonchev–Trinajstić information content (AvgIpc) is 3.25. The molecule has 0 atom stereocenters. The second-order valence-corrected chi connectivity index (χ2v) is 7.76. The third kappa shape index (κ3) is 3.29. The maximum atomic E-state index is 4.82. The van der Waals surface area contributed by atoms with E-state index in [1.165, 1.54) is 12.0 Å². The van der Waals surface area contributed by atoms with Crippen LogP contribution in [-0.4, -0.2) is 67.2 Å². The van der Waals surface area contributed by atoms with Crippen molar-refractivity contribution in [2.75, 3.05) is 37.6 Å². The number of piperidine rings is 1. The molecule has 5 heterocycles. The number of aromatic nitrogens is 6. The molecule has 8 heteroatoms. The van der Waals surface area contributed by atoms with Gasteiger partial charge in [0.25, 0.3) is 0 Å². The van der Waals surface area contributed by atoms with E-state index in [9.17, 15) is 0 Å². The molecule has 0 amide bonds. The molecule has 142 valence electrons. The van der Waals surface area contributed by atoms with E-state index in [1.807, 2.05) is 21.5 Å². The van der Waals surface area contributed by atoms with Gasteiger partial charge < -0.3 is 9.80 Å². The Labute approximate surface area is 158 Å². The Hall–Kier alpha value is -2.48. The van der Waals surface area contributed by atoms with Crippen LogP contribution in [0.5, 0.6) is 0 Å². The summed E-state index contributed by atoms with van der Waals surface area (Å²) in [6.07, 6.45) is 7.50. The molecule has 27 heavy (non-hydrogen) atoms. The standard InChI is InChI=1S/C19H26N8/c1-15-13-20-26(14-15)12-11-24-9-5-16(6-10-24)19-22-21-17-3-4-18(23-27(17)19)25-7-2-8-25/h3-4,13-14,16H,2,5-12H2,1H3. The van der Waals surface area contributed by atoms with E-state index in [-0.39, 0.29) is 0 Å². The second-order valence-electron chi connectivity index (χ2n) is 7.76. The predicted octanol–water partition coefficient (Wildman–Crippen LogP) is 1.72. The Kier molecular flexibility index (Phi) is 4.27. The first-order valence-corrected chi connectivity index (χ1v) is 9.95. The minimum absolute atomic E-state index is 0.433. The van der Waals surface area contributed by atoms with E-state index in [0.717, 1.165) is 69.4 Å². The van der Waals surface area contributed by atoms with Crippen molar-refractivity contribution in [1.82, 2.24) is 34.5 Å². The highest BCUT2D eigenvalue weighted by molar-refractivity contribution is 5.47. The highest BCUT2D eigenvalue weighted by Crippen LogP contribution is 2.27. The summed E-state index contributed by atoms with van der Waals surface area (Å²) in [5, 5.41) is 18.0. The third-order valence-corrected chi connectivity index (χ3v) is 5.81. The molecular weight excluding hydrogens is 340 g/mol. The molecule has 0 radical (unpaired) electrons. The number of anilines is 1. The normalized spacial score (nSPS) is 18.9. The van der Waals surface area contributed by atoms with Gasteiger partial charge in [0.2, 0.25) is 0 Å². The molecule has 2 fully saturated rings.